The van der Waals surface area contributed by atoms with Crippen LogP contribution in [0.15, 0.2) is 24.3 Å². The second-order valence-corrected chi connectivity index (χ2v) is 4.90. The Kier molecular flexibility index (Phi) is 4.29. The third-order valence-electron chi connectivity index (χ3n) is 3.82. The highest BCUT2D eigenvalue weighted by molar-refractivity contribution is 5.55. The molecular formula is C15H24N2. The lowest BCUT2D eigenvalue weighted by Crippen LogP contribution is -2.22. The van der Waals surface area contributed by atoms with Crippen molar-refractivity contribution in [3.8, 4) is 0 Å². The molecule has 94 valence electrons. The van der Waals surface area contributed by atoms with Crippen molar-refractivity contribution >= 4 is 11.4 Å². The fourth-order valence-corrected chi connectivity index (χ4v) is 2.34. The molecule has 1 aromatic rings. The molecule has 0 bridgehead atoms. The van der Waals surface area contributed by atoms with Gasteiger partial charge in [0.05, 0.1) is 0 Å². The Morgan fingerprint density at radius 3 is 2.24 bits per heavy atom. The van der Waals surface area contributed by atoms with Crippen LogP contribution in [-0.2, 0) is 0 Å². The van der Waals surface area contributed by atoms with Crippen LogP contribution in [-0.4, -0.2) is 19.6 Å². The van der Waals surface area contributed by atoms with Gasteiger partial charge in [-0.3, -0.25) is 0 Å². The topological polar surface area (TPSA) is 15.3 Å². The molecule has 0 aliphatic heterocycles. The second-order valence-electron chi connectivity index (χ2n) is 4.90. The maximum atomic E-state index is 3.53. The van der Waals surface area contributed by atoms with Gasteiger partial charge in [0.1, 0.15) is 0 Å². The number of hydrogen-bond donors (Lipinski definition) is 1. The first-order chi connectivity index (χ1) is 8.33. The molecule has 0 radical (unpaired) electrons. The number of nitrogens with zero attached hydrogens (tertiary/aromatic N) is 1. The molecule has 0 spiro atoms. The van der Waals surface area contributed by atoms with Crippen LogP contribution in [0.5, 0.6) is 0 Å². The molecular weight excluding hydrogens is 208 g/mol. The summed E-state index contributed by atoms with van der Waals surface area (Å²) in [6, 6.07) is 8.84. The fraction of sp³-hybridized carbons (Fsp3) is 0.600. The Balaban J connectivity index is 1.87. The number of rotatable bonds is 6. The summed E-state index contributed by atoms with van der Waals surface area (Å²) < 4.78 is 0. The van der Waals surface area contributed by atoms with Gasteiger partial charge in [0, 0.05) is 31.0 Å². The molecule has 1 aliphatic carbocycles. The van der Waals surface area contributed by atoms with Gasteiger partial charge in [0.25, 0.3) is 0 Å². The standard InChI is InChI=1S/C15H24N2/c1-3-17(4-2)15-10-8-14(9-11-15)16-12-13-6-5-7-13/h8-11,13,16H,3-7,12H2,1-2H3. The van der Waals surface area contributed by atoms with Crippen LogP contribution in [0, 0.1) is 5.92 Å². The van der Waals surface area contributed by atoms with Gasteiger partial charge in [-0.25, -0.2) is 0 Å². The molecule has 2 rings (SSSR count). The van der Waals surface area contributed by atoms with E-state index in [-0.39, 0.29) is 0 Å². The van der Waals surface area contributed by atoms with Crippen LogP contribution in [0.3, 0.4) is 0 Å². The van der Waals surface area contributed by atoms with Crippen molar-refractivity contribution in [1.29, 1.82) is 0 Å². The summed E-state index contributed by atoms with van der Waals surface area (Å²) in [4.78, 5) is 2.37. The number of anilines is 2. The van der Waals surface area contributed by atoms with Crippen molar-refractivity contribution < 1.29 is 0 Å². The molecule has 0 atom stereocenters. The number of benzene rings is 1. The number of nitrogens with one attached hydrogen (secondary N) is 1. The van der Waals surface area contributed by atoms with Gasteiger partial charge in [-0.2, -0.15) is 0 Å². The van der Waals surface area contributed by atoms with E-state index in [0.29, 0.717) is 0 Å². The third kappa shape index (κ3) is 3.15. The summed E-state index contributed by atoms with van der Waals surface area (Å²) in [6.45, 7) is 7.69. The fourth-order valence-electron chi connectivity index (χ4n) is 2.34. The van der Waals surface area contributed by atoms with Crippen LogP contribution in [0.2, 0.25) is 0 Å². The van der Waals surface area contributed by atoms with E-state index in [2.05, 4.69) is 48.3 Å². The maximum absolute atomic E-state index is 3.53. The summed E-state index contributed by atoms with van der Waals surface area (Å²) in [5.41, 5.74) is 2.58. The molecule has 1 aliphatic rings. The second kappa shape index (κ2) is 5.95. The molecule has 1 fully saturated rings. The van der Waals surface area contributed by atoms with E-state index in [9.17, 15) is 0 Å². The molecule has 2 nitrogen and oxygen atoms in total. The molecule has 1 saturated carbocycles. The summed E-state index contributed by atoms with van der Waals surface area (Å²) in [5, 5.41) is 3.53. The first-order valence-corrected chi connectivity index (χ1v) is 6.92. The Labute approximate surface area is 105 Å². The first-order valence-electron chi connectivity index (χ1n) is 6.92. The molecule has 0 unspecified atom stereocenters. The Hall–Kier alpha value is -1.18. The minimum Gasteiger partial charge on any atom is -0.385 e. The third-order valence-corrected chi connectivity index (χ3v) is 3.82. The monoisotopic (exact) mass is 232 g/mol. The highest BCUT2D eigenvalue weighted by Crippen LogP contribution is 2.26. The zero-order valence-corrected chi connectivity index (χ0v) is 11.1. The van der Waals surface area contributed by atoms with Crippen LogP contribution in [0.4, 0.5) is 11.4 Å². The zero-order valence-electron chi connectivity index (χ0n) is 11.1. The number of hydrogen-bond acceptors (Lipinski definition) is 2. The molecule has 0 amide bonds. The smallest absolute Gasteiger partial charge is 0.0367 e. The summed E-state index contributed by atoms with van der Waals surface area (Å²) in [7, 11) is 0. The van der Waals surface area contributed by atoms with Gasteiger partial charge < -0.3 is 10.2 Å². The minimum absolute atomic E-state index is 0.914. The predicted molar refractivity (Wildman–Crippen MR) is 75.8 cm³/mol. The molecule has 17 heavy (non-hydrogen) atoms. The Morgan fingerprint density at radius 1 is 1.12 bits per heavy atom. The van der Waals surface area contributed by atoms with Crippen molar-refractivity contribution in [3.63, 3.8) is 0 Å². The lowest BCUT2D eigenvalue weighted by atomic mass is 9.85. The summed E-state index contributed by atoms with van der Waals surface area (Å²) in [6.07, 6.45) is 4.24. The molecule has 0 heterocycles. The predicted octanol–water partition coefficient (Wildman–Crippen LogP) is 3.74. The SMILES string of the molecule is CCN(CC)c1ccc(NCC2CCC2)cc1. The van der Waals surface area contributed by atoms with E-state index in [0.717, 1.165) is 25.6 Å². The van der Waals surface area contributed by atoms with Crippen LogP contribution in [0.1, 0.15) is 33.1 Å². The van der Waals surface area contributed by atoms with Crippen molar-refractivity contribution in [2.45, 2.75) is 33.1 Å². The maximum Gasteiger partial charge on any atom is 0.0367 e. The van der Waals surface area contributed by atoms with Gasteiger partial charge in [-0.05, 0) is 56.9 Å². The Morgan fingerprint density at radius 2 is 1.76 bits per heavy atom. The van der Waals surface area contributed by atoms with Crippen molar-refractivity contribution in [2.75, 3.05) is 29.9 Å². The van der Waals surface area contributed by atoms with Crippen molar-refractivity contribution in [1.82, 2.24) is 0 Å². The average molecular weight is 232 g/mol. The minimum atomic E-state index is 0.914. The lowest BCUT2D eigenvalue weighted by Gasteiger charge is -2.26. The molecule has 0 saturated heterocycles. The van der Waals surface area contributed by atoms with E-state index in [1.54, 1.807) is 0 Å². The lowest BCUT2D eigenvalue weighted by molar-refractivity contribution is 0.333. The highest BCUT2D eigenvalue weighted by Gasteiger charge is 2.16. The van der Waals surface area contributed by atoms with Gasteiger partial charge in [-0.1, -0.05) is 6.42 Å². The van der Waals surface area contributed by atoms with Gasteiger partial charge in [0.2, 0.25) is 0 Å². The molecule has 1 aromatic carbocycles. The van der Waals surface area contributed by atoms with Crippen LogP contribution < -0.4 is 10.2 Å². The first kappa shape index (κ1) is 12.3. The quantitative estimate of drug-likeness (QED) is 0.803. The van der Waals surface area contributed by atoms with E-state index in [4.69, 9.17) is 0 Å². The van der Waals surface area contributed by atoms with Gasteiger partial charge in [-0.15, -0.1) is 0 Å². The normalized spacial score (nSPS) is 15.4. The van der Waals surface area contributed by atoms with Gasteiger partial charge >= 0.3 is 0 Å². The largest absolute Gasteiger partial charge is 0.385 e. The van der Waals surface area contributed by atoms with Crippen molar-refractivity contribution in [2.24, 2.45) is 5.92 Å². The Bertz CT molecular complexity index is 323. The van der Waals surface area contributed by atoms with E-state index in [1.807, 2.05) is 0 Å². The summed E-state index contributed by atoms with van der Waals surface area (Å²) in [5.74, 6) is 0.914. The van der Waals surface area contributed by atoms with Crippen LogP contribution >= 0.6 is 0 Å². The van der Waals surface area contributed by atoms with Crippen LogP contribution in [0.25, 0.3) is 0 Å². The molecule has 2 heteroatoms. The zero-order chi connectivity index (χ0) is 12.1. The van der Waals surface area contributed by atoms with E-state index < -0.39 is 0 Å². The van der Waals surface area contributed by atoms with E-state index in [1.165, 1.54) is 30.6 Å². The van der Waals surface area contributed by atoms with Gasteiger partial charge in [0.15, 0.2) is 0 Å². The molecule has 1 N–H and O–H groups in total. The summed E-state index contributed by atoms with van der Waals surface area (Å²) >= 11 is 0. The highest BCUT2D eigenvalue weighted by atomic mass is 15.1. The molecule has 0 aromatic heterocycles. The van der Waals surface area contributed by atoms with E-state index >= 15 is 0 Å². The average Bonchev–Trinajstić information content (AvgIpc) is 2.30. The van der Waals surface area contributed by atoms with Crippen molar-refractivity contribution in [3.05, 3.63) is 24.3 Å².